The fraction of sp³-hybridized carbons (Fsp3) is 0.778. The molecule has 0 aromatic rings. The predicted octanol–water partition coefficient (Wildman–Crippen LogP) is 1.55. The van der Waals surface area contributed by atoms with Gasteiger partial charge in [0.05, 0.1) is 13.0 Å². The third-order valence-corrected chi connectivity index (χ3v) is 1.42. The average Bonchev–Trinajstić information content (AvgIpc) is 2.00. The third kappa shape index (κ3) is 7.25. The molecule has 0 aliphatic rings. The topological polar surface area (TPSA) is 43.4 Å². The first kappa shape index (κ1) is 11.1. The van der Waals surface area contributed by atoms with E-state index in [1.54, 1.807) is 0 Å². The highest BCUT2D eigenvalue weighted by molar-refractivity contribution is 5.72. The molecule has 0 radical (unpaired) electrons. The third-order valence-electron chi connectivity index (χ3n) is 1.42. The molecular formula is C9H16O3. The van der Waals surface area contributed by atoms with E-state index in [1.165, 1.54) is 0 Å². The number of carbonyl (C=O) groups excluding carboxylic acids is 2. The van der Waals surface area contributed by atoms with Gasteiger partial charge in [0.2, 0.25) is 0 Å². The molecule has 70 valence electrons. The van der Waals surface area contributed by atoms with Crippen LogP contribution >= 0.6 is 0 Å². The Labute approximate surface area is 73.1 Å². The summed E-state index contributed by atoms with van der Waals surface area (Å²) in [6.07, 6.45) is 2.08. The predicted molar refractivity (Wildman–Crippen MR) is 45.7 cm³/mol. The van der Waals surface area contributed by atoms with Gasteiger partial charge >= 0.3 is 5.97 Å². The van der Waals surface area contributed by atoms with Crippen LogP contribution in [0.3, 0.4) is 0 Å². The van der Waals surface area contributed by atoms with E-state index in [4.69, 9.17) is 4.74 Å². The molecule has 3 nitrogen and oxygen atoms in total. The molecule has 0 fully saturated rings. The number of esters is 1. The van der Waals surface area contributed by atoms with Gasteiger partial charge in [-0.1, -0.05) is 13.8 Å². The summed E-state index contributed by atoms with van der Waals surface area (Å²) < 4.78 is 4.86. The van der Waals surface area contributed by atoms with E-state index in [1.807, 2.05) is 0 Å². The van der Waals surface area contributed by atoms with Crippen molar-refractivity contribution >= 4 is 12.3 Å². The van der Waals surface area contributed by atoms with Gasteiger partial charge in [0, 0.05) is 6.42 Å². The fourth-order valence-corrected chi connectivity index (χ4v) is 0.657. The highest BCUT2D eigenvalue weighted by Crippen LogP contribution is 2.00. The van der Waals surface area contributed by atoms with Crippen molar-refractivity contribution in [2.75, 3.05) is 6.61 Å². The molecule has 0 saturated heterocycles. The maximum atomic E-state index is 10.8. The summed E-state index contributed by atoms with van der Waals surface area (Å²) in [5, 5.41) is 0. The van der Waals surface area contributed by atoms with E-state index in [2.05, 4.69) is 13.8 Å². The summed E-state index contributed by atoms with van der Waals surface area (Å²) in [5.41, 5.74) is 0. The molecule has 0 N–H and O–H groups in total. The minimum atomic E-state index is -0.275. The normalized spacial score (nSPS) is 9.92. The van der Waals surface area contributed by atoms with Crippen molar-refractivity contribution in [3.05, 3.63) is 0 Å². The Bertz CT molecular complexity index is 141. The lowest BCUT2D eigenvalue weighted by Crippen LogP contribution is -2.07. The van der Waals surface area contributed by atoms with Crippen LogP contribution in [0.1, 0.15) is 33.1 Å². The van der Waals surface area contributed by atoms with Crippen molar-refractivity contribution in [3.63, 3.8) is 0 Å². The summed E-state index contributed by atoms with van der Waals surface area (Å²) in [6, 6.07) is 0. The molecule has 3 heteroatoms. The van der Waals surface area contributed by atoms with Crippen molar-refractivity contribution in [3.8, 4) is 0 Å². The Balaban J connectivity index is 3.25. The number of rotatable bonds is 6. The largest absolute Gasteiger partial charge is 0.466 e. The van der Waals surface area contributed by atoms with Gasteiger partial charge in [-0.3, -0.25) is 4.79 Å². The first-order valence-corrected chi connectivity index (χ1v) is 4.26. The van der Waals surface area contributed by atoms with E-state index in [0.29, 0.717) is 12.5 Å². The van der Waals surface area contributed by atoms with Gasteiger partial charge in [-0.15, -0.1) is 0 Å². The van der Waals surface area contributed by atoms with Crippen LogP contribution < -0.4 is 0 Å². The molecule has 0 aliphatic carbocycles. The molecular weight excluding hydrogens is 156 g/mol. The summed E-state index contributed by atoms with van der Waals surface area (Å²) in [5.74, 6) is 0.270. The van der Waals surface area contributed by atoms with Crippen molar-refractivity contribution in [1.82, 2.24) is 0 Å². The monoisotopic (exact) mass is 172 g/mol. The molecule has 0 aliphatic heterocycles. The summed E-state index contributed by atoms with van der Waals surface area (Å²) in [7, 11) is 0. The number of carbonyl (C=O) groups is 2. The van der Waals surface area contributed by atoms with Crippen LogP contribution in [0, 0.1) is 5.92 Å². The molecule has 12 heavy (non-hydrogen) atoms. The SMILES string of the molecule is CC(C)CCOC(=O)CCC=O. The van der Waals surface area contributed by atoms with Gasteiger partial charge in [-0.25, -0.2) is 0 Å². The second-order valence-corrected chi connectivity index (χ2v) is 3.11. The zero-order valence-corrected chi connectivity index (χ0v) is 7.71. The fourth-order valence-electron chi connectivity index (χ4n) is 0.657. The van der Waals surface area contributed by atoms with Gasteiger partial charge in [0.25, 0.3) is 0 Å². The van der Waals surface area contributed by atoms with E-state index in [9.17, 15) is 9.59 Å². The van der Waals surface area contributed by atoms with Crippen molar-refractivity contribution in [2.24, 2.45) is 5.92 Å². The minimum absolute atomic E-state index is 0.210. The van der Waals surface area contributed by atoms with Crippen molar-refractivity contribution < 1.29 is 14.3 Å². The van der Waals surface area contributed by atoms with Gasteiger partial charge in [0.15, 0.2) is 0 Å². The minimum Gasteiger partial charge on any atom is -0.466 e. The summed E-state index contributed by atoms with van der Waals surface area (Å²) >= 11 is 0. The molecule has 0 heterocycles. The second-order valence-electron chi connectivity index (χ2n) is 3.11. The van der Waals surface area contributed by atoms with E-state index < -0.39 is 0 Å². The first-order chi connectivity index (χ1) is 5.66. The van der Waals surface area contributed by atoms with Crippen molar-refractivity contribution in [1.29, 1.82) is 0 Å². The molecule has 0 amide bonds. The van der Waals surface area contributed by atoms with Crippen LogP contribution in [-0.4, -0.2) is 18.9 Å². The highest BCUT2D eigenvalue weighted by atomic mass is 16.5. The molecule has 0 atom stereocenters. The zero-order valence-electron chi connectivity index (χ0n) is 7.71. The average molecular weight is 172 g/mol. The van der Waals surface area contributed by atoms with Gasteiger partial charge in [0.1, 0.15) is 6.29 Å². The highest BCUT2D eigenvalue weighted by Gasteiger charge is 2.01. The van der Waals surface area contributed by atoms with Crippen LogP contribution in [-0.2, 0) is 14.3 Å². The number of aldehydes is 1. The van der Waals surface area contributed by atoms with Gasteiger partial charge in [-0.2, -0.15) is 0 Å². The Hall–Kier alpha value is -0.860. The lowest BCUT2D eigenvalue weighted by molar-refractivity contribution is -0.144. The van der Waals surface area contributed by atoms with Crippen LogP contribution in [0.25, 0.3) is 0 Å². The maximum absolute atomic E-state index is 10.8. The molecule has 0 spiro atoms. The first-order valence-electron chi connectivity index (χ1n) is 4.26. The zero-order chi connectivity index (χ0) is 9.40. The number of hydrogen-bond acceptors (Lipinski definition) is 3. The lowest BCUT2D eigenvalue weighted by atomic mass is 10.1. The summed E-state index contributed by atoms with van der Waals surface area (Å²) in [6.45, 7) is 4.61. The Morgan fingerprint density at radius 2 is 2.17 bits per heavy atom. The van der Waals surface area contributed by atoms with E-state index >= 15 is 0 Å². The molecule has 0 aromatic carbocycles. The number of hydrogen-bond donors (Lipinski definition) is 0. The molecule has 0 bridgehead atoms. The van der Waals surface area contributed by atoms with E-state index in [0.717, 1.165) is 12.7 Å². The van der Waals surface area contributed by atoms with Crippen LogP contribution in [0.5, 0.6) is 0 Å². The Kier molecular flexibility index (Phi) is 6.34. The molecule has 0 aromatic heterocycles. The summed E-state index contributed by atoms with van der Waals surface area (Å²) in [4.78, 5) is 20.7. The number of ether oxygens (including phenoxy) is 1. The molecule has 0 saturated carbocycles. The lowest BCUT2D eigenvalue weighted by Gasteiger charge is -2.05. The standard InChI is InChI=1S/C9H16O3/c1-8(2)5-7-12-9(11)4-3-6-10/h6,8H,3-5,7H2,1-2H3. The van der Waals surface area contributed by atoms with Gasteiger partial charge < -0.3 is 9.53 Å². The smallest absolute Gasteiger partial charge is 0.306 e. The van der Waals surface area contributed by atoms with E-state index in [-0.39, 0.29) is 18.8 Å². The van der Waals surface area contributed by atoms with Gasteiger partial charge in [-0.05, 0) is 12.3 Å². The Morgan fingerprint density at radius 1 is 1.50 bits per heavy atom. The molecule has 0 rings (SSSR count). The van der Waals surface area contributed by atoms with Crippen LogP contribution in [0.4, 0.5) is 0 Å². The van der Waals surface area contributed by atoms with Crippen LogP contribution in [0.2, 0.25) is 0 Å². The van der Waals surface area contributed by atoms with Crippen LogP contribution in [0.15, 0.2) is 0 Å². The second kappa shape index (κ2) is 6.83. The quantitative estimate of drug-likeness (QED) is 0.451. The van der Waals surface area contributed by atoms with Crippen molar-refractivity contribution in [2.45, 2.75) is 33.1 Å². The molecule has 0 unspecified atom stereocenters. The maximum Gasteiger partial charge on any atom is 0.306 e. The Morgan fingerprint density at radius 3 is 2.67 bits per heavy atom.